The van der Waals surface area contributed by atoms with E-state index in [0.717, 1.165) is 5.56 Å². The van der Waals surface area contributed by atoms with Crippen LogP contribution in [0.4, 0.5) is 0 Å². The molecular weight excluding hydrogens is 274 g/mol. The third-order valence-corrected chi connectivity index (χ3v) is 2.83. The van der Waals surface area contributed by atoms with Crippen molar-refractivity contribution in [2.75, 3.05) is 34.0 Å². The standard InChI is InChI=1S/C14H21N3O4/c1-17(13(18)10-21-7-6-20-2)9-11-4-3-5-12(8-11)14(15)16-19/h3-5,8,19H,6-7,9-10H2,1-2H3,(H2,15,16). The second kappa shape index (κ2) is 8.93. The number of amides is 1. The summed E-state index contributed by atoms with van der Waals surface area (Å²) in [4.78, 5) is 13.4. The zero-order valence-electron chi connectivity index (χ0n) is 12.3. The molecule has 116 valence electrons. The van der Waals surface area contributed by atoms with Gasteiger partial charge >= 0.3 is 0 Å². The maximum absolute atomic E-state index is 11.9. The first-order chi connectivity index (χ1) is 10.1. The minimum atomic E-state index is -0.125. The van der Waals surface area contributed by atoms with Crippen LogP contribution in [0.2, 0.25) is 0 Å². The van der Waals surface area contributed by atoms with Crippen molar-refractivity contribution in [3.05, 3.63) is 35.4 Å². The highest BCUT2D eigenvalue weighted by Gasteiger charge is 2.10. The highest BCUT2D eigenvalue weighted by atomic mass is 16.5. The lowest BCUT2D eigenvalue weighted by Crippen LogP contribution is -2.30. The first-order valence-electron chi connectivity index (χ1n) is 6.46. The lowest BCUT2D eigenvalue weighted by atomic mass is 10.1. The number of carbonyl (C=O) groups is 1. The Morgan fingerprint density at radius 3 is 2.86 bits per heavy atom. The summed E-state index contributed by atoms with van der Waals surface area (Å²) in [6, 6.07) is 7.15. The molecule has 0 radical (unpaired) electrons. The minimum absolute atomic E-state index is 0.0137. The minimum Gasteiger partial charge on any atom is -0.409 e. The van der Waals surface area contributed by atoms with E-state index in [9.17, 15) is 4.79 Å². The number of oxime groups is 1. The average molecular weight is 295 g/mol. The van der Waals surface area contributed by atoms with Crippen LogP contribution in [0.3, 0.4) is 0 Å². The van der Waals surface area contributed by atoms with Crippen LogP contribution >= 0.6 is 0 Å². The van der Waals surface area contributed by atoms with Crippen LogP contribution in [0.25, 0.3) is 0 Å². The number of nitrogens with two attached hydrogens (primary N) is 1. The van der Waals surface area contributed by atoms with Crippen molar-refractivity contribution in [3.63, 3.8) is 0 Å². The van der Waals surface area contributed by atoms with Gasteiger partial charge in [-0.15, -0.1) is 0 Å². The third-order valence-electron chi connectivity index (χ3n) is 2.83. The first kappa shape index (κ1) is 16.9. The molecule has 0 aliphatic carbocycles. The van der Waals surface area contributed by atoms with Gasteiger partial charge in [-0.25, -0.2) is 0 Å². The molecule has 0 aliphatic heterocycles. The van der Waals surface area contributed by atoms with E-state index in [4.69, 9.17) is 20.4 Å². The number of benzene rings is 1. The number of carbonyl (C=O) groups excluding carboxylic acids is 1. The maximum Gasteiger partial charge on any atom is 0.248 e. The normalized spacial score (nSPS) is 11.4. The van der Waals surface area contributed by atoms with Crippen molar-refractivity contribution in [3.8, 4) is 0 Å². The van der Waals surface area contributed by atoms with Gasteiger partial charge in [0.1, 0.15) is 6.61 Å². The van der Waals surface area contributed by atoms with Crippen LogP contribution < -0.4 is 5.73 Å². The van der Waals surface area contributed by atoms with Crippen molar-refractivity contribution in [1.82, 2.24) is 4.90 Å². The molecule has 7 nitrogen and oxygen atoms in total. The second-order valence-electron chi connectivity index (χ2n) is 4.48. The lowest BCUT2D eigenvalue weighted by Gasteiger charge is -2.17. The maximum atomic E-state index is 11.9. The quantitative estimate of drug-likeness (QED) is 0.238. The Kier molecular flexibility index (Phi) is 7.20. The van der Waals surface area contributed by atoms with Crippen molar-refractivity contribution < 1.29 is 19.5 Å². The van der Waals surface area contributed by atoms with Crippen molar-refractivity contribution in [2.45, 2.75) is 6.54 Å². The Labute approximate surface area is 123 Å². The van der Waals surface area contributed by atoms with Crippen LogP contribution in [0.1, 0.15) is 11.1 Å². The summed E-state index contributed by atoms with van der Waals surface area (Å²) < 4.78 is 10.0. The summed E-state index contributed by atoms with van der Waals surface area (Å²) in [5.74, 6) is -0.0889. The van der Waals surface area contributed by atoms with Crippen LogP contribution in [-0.2, 0) is 20.8 Å². The number of methoxy groups -OCH3 is 1. The fourth-order valence-electron chi connectivity index (χ4n) is 1.66. The molecule has 0 fully saturated rings. The Morgan fingerprint density at radius 2 is 2.19 bits per heavy atom. The third kappa shape index (κ3) is 5.80. The number of hydrogen-bond acceptors (Lipinski definition) is 5. The van der Waals surface area contributed by atoms with E-state index in [-0.39, 0.29) is 18.3 Å². The number of nitrogens with zero attached hydrogens (tertiary/aromatic N) is 2. The van der Waals surface area contributed by atoms with E-state index in [1.54, 1.807) is 37.3 Å². The molecule has 0 unspecified atom stereocenters. The molecule has 0 spiro atoms. The van der Waals surface area contributed by atoms with Gasteiger partial charge in [0, 0.05) is 26.3 Å². The Bertz CT molecular complexity index is 491. The highest BCUT2D eigenvalue weighted by Crippen LogP contribution is 2.08. The summed E-state index contributed by atoms with van der Waals surface area (Å²) in [6.07, 6.45) is 0. The van der Waals surface area contributed by atoms with Gasteiger partial charge in [0.15, 0.2) is 5.84 Å². The molecule has 0 aromatic heterocycles. The van der Waals surface area contributed by atoms with Gasteiger partial charge in [-0.05, 0) is 11.6 Å². The van der Waals surface area contributed by atoms with Crippen LogP contribution in [0.5, 0.6) is 0 Å². The van der Waals surface area contributed by atoms with Gasteiger partial charge in [-0.1, -0.05) is 23.4 Å². The van der Waals surface area contributed by atoms with Gasteiger partial charge in [-0.2, -0.15) is 0 Å². The molecule has 3 N–H and O–H groups in total. The molecular formula is C14H21N3O4. The van der Waals surface area contributed by atoms with Crippen molar-refractivity contribution >= 4 is 11.7 Å². The molecule has 0 saturated carbocycles. The van der Waals surface area contributed by atoms with Crippen molar-refractivity contribution in [1.29, 1.82) is 0 Å². The smallest absolute Gasteiger partial charge is 0.248 e. The molecule has 1 aromatic rings. The monoisotopic (exact) mass is 295 g/mol. The summed E-state index contributed by atoms with van der Waals surface area (Å²) in [5, 5.41) is 11.6. The van der Waals surface area contributed by atoms with Gasteiger partial charge in [0.25, 0.3) is 0 Å². The predicted octanol–water partition coefficient (Wildman–Crippen LogP) is 0.403. The predicted molar refractivity (Wildman–Crippen MR) is 78.1 cm³/mol. The van der Waals surface area contributed by atoms with E-state index in [2.05, 4.69) is 5.16 Å². The summed E-state index contributed by atoms with van der Waals surface area (Å²) in [7, 11) is 3.27. The summed E-state index contributed by atoms with van der Waals surface area (Å²) >= 11 is 0. The number of ether oxygens (including phenoxy) is 2. The Balaban J connectivity index is 2.54. The molecule has 0 saturated heterocycles. The molecule has 1 aromatic carbocycles. The van der Waals surface area contributed by atoms with Gasteiger partial charge in [0.05, 0.1) is 13.2 Å². The molecule has 0 bridgehead atoms. The molecule has 0 heterocycles. The summed E-state index contributed by atoms with van der Waals surface area (Å²) in [6.45, 7) is 1.27. The Morgan fingerprint density at radius 1 is 1.43 bits per heavy atom. The molecule has 0 atom stereocenters. The van der Waals surface area contributed by atoms with Crippen LogP contribution in [-0.4, -0.2) is 55.8 Å². The van der Waals surface area contributed by atoms with Crippen LogP contribution in [0, 0.1) is 0 Å². The van der Waals surface area contributed by atoms with E-state index in [1.165, 1.54) is 0 Å². The molecule has 0 aliphatic rings. The fourth-order valence-corrected chi connectivity index (χ4v) is 1.66. The van der Waals surface area contributed by atoms with Gasteiger partial charge in [0.2, 0.25) is 5.91 Å². The van der Waals surface area contributed by atoms with Gasteiger partial charge in [-0.3, -0.25) is 4.79 Å². The fraction of sp³-hybridized carbons (Fsp3) is 0.429. The average Bonchev–Trinajstić information content (AvgIpc) is 2.50. The second-order valence-corrected chi connectivity index (χ2v) is 4.48. The van der Waals surface area contributed by atoms with E-state index in [1.807, 2.05) is 6.07 Å². The topological polar surface area (TPSA) is 97.4 Å². The van der Waals surface area contributed by atoms with Crippen LogP contribution in [0.15, 0.2) is 29.4 Å². The number of amidine groups is 1. The number of hydrogen-bond donors (Lipinski definition) is 2. The molecule has 21 heavy (non-hydrogen) atoms. The SMILES string of the molecule is COCCOCC(=O)N(C)Cc1cccc(/C(N)=N/O)c1. The van der Waals surface area contributed by atoms with E-state index in [0.29, 0.717) is 25.3 Å². The van der Waals surface area contributed by atoms with E-state index >= 15 is 0 Å². The Hall–Kier alpha value is -2.12. The van der Waals surface area contributed by atoms with Gasteiger partial charge < -0.3 is 25.3 Å². The molecule has 1 amide bonds. The number of rotatable bonds is 8. The zero-order valence-corrected chi connectivity index (χ0v) is 12.3. The first-order valence-corrected chi connectivity index (χ1v) is 6.46. The van der Waals surface area contributed by atoms with E-state index < -0.39 is 0 Å². The highest BCUT2D eigenvalue weighted by molar-refractivity contribution is 5.97. The lowest BCUT2D eigenvalue weighted by molar-refractivity contribution is -0.135. The largest absolute Gasteiger partial charge is 0.409 e. The zero-order chi connectivity index (χ0) is 15.7. The molecule has 7 heteroatoms. The summed E-state index contributed by atoms with van der Waals surface area (Å²) in [5.41, 5.74) is 7.02. The molecule has 1 rings (SSSR count). The van der Waals surface area contributed by atoms with Crippen molar-refractivity contribution in [2.24, 2.45) is 10.9 Å². The number of likely N-dealkylation sites (N-methyl/N-ethyl adjacent to an activating group) is 1.